The molecule has 0 spiro atoms. The van der Waals surface area contributed by atoms with Crippen molar-refractivity contribution in [2.45, 2.75) is 6.92 Å². The molecule has 128 valence electrons. The number of carbonyl (C=O) groups is 2. The number of furan rings is 1. The molecule has 3 aromatic rings. The van der Waals surface area contributed by atoms with Crippen LogP contribution in [0.2, 0.25) is 0 Å². The molecule has 5 nitrogen and oxygen atoms in total. The smallest absolute Gasteiger partial charge is 0.256 e. The number of amides is 2. The minimum atomic E-state index is -0.227. The molecule has 0 unspecified atom stereocenters. The summed E-state index contributed by atoms with van der Waals surface area (Å²) >= 11 is 0. The Balaban J connectivity index is 1.65. The second-order valence-electron chi connectivity index (χ2n) is 6.11. The van der Waals surface area contributed by atoms with Crippen LogP contribution in [0.1, 0.15) is 27.2 Å². The van der Waals surface area contributed by atoms with Crippen molar-refractivity contribution in [3.05, 3.63) is 83.3 Å². The van der Waals surface area contributed by atoms with Crippen molar-refractivity contribution in [1.29, 1.82) is 0 Å². The van der Waals surface area contributed by atoms with E-state index in [1.165, 1.54) is 0 Å². The quantitative estimate of drug-likeness (QED) is 0.695. The number of fused-ring (bicyclic) bond motifs is 1. The molecular weight excluding hydrogens is 328 g/mol. The van der Waals surface area contributed by atoms with Gasteiger partial charge < -0.3 is 15.1 Å². The lowest BCUT2D eigenvalue weighted by Crippen LogP contribution is -2.12. The Hall–Kier alpha value is -3.60. The molecule has 0 radical (unpaired) electrons. The van der Waals surface area contributed by atoms with Crippen molar-refractivity contribution in [3.8, 4) is 0 Å². The number of aryl methyl sites for hydroxylation is 1. The van der Waals surface area contributed by atoms with Gasteiger partial charge in [0.05, 0.1) is 11.8 Å². The fraction of sp³-hybridized carbons (Fsp3) is 0.0476. The maximum Gasteiger partial charge on any atom is 0.256 e. The van der Waals surface area contributed by atoms with Crippen LogP contribution in [-0.2, 0) is 4.79 Å². The van der Waals surface area contributed by atoms with Gasteiger partial charge in [0.1, 0.15) is 5.76 Å². The van der Waals surface area contributed by atoms with Crippen LogP contribution in [0.3, 0.4) is 0 Å². The van der Waals surface area contributed by atoms with Gasteiger partial charge in [-0.2, -0.15) is 0 Å². The highest BCUT2D eigenvalue weighted by molar-refractivity contribution is 6.35. The first-order valence-electron chi connectivity index (χ1n) is 8.19. The summed E-state index contributed by atoms with van der Waals surface area (Å²) in [4.78, 5) is 24.8. The van der Waals surface area contributed by atoms with Crippen molar-refractivity contribution in [2.24, 2.45) is 0 Å². The summed E-state index contributed by atoms with van der Waals surface area (Å²) in [5.74, 6) is 0.139. The Kier molecular flexibility index (Phi) is 3.89. The van der Waals surface area contributed by atoms with Crippen LogP contribution >= 0.6 is 0 Å². The first-order chi connectivity index (χ1) is 12.6. The van der Waals surface area contributed by atoms with Gasteiger partial charge in [-0.15, -0.1) is 0 Å². The summed E-state index contributed by atoms with van der Waals surface area (Å²) in [6, 6.07) is 16.3. The average molecular weight is 344 g/mol. The summed E-state index contributed by atoms with van der Waals surface area (Å²) in [6.07, 6.45) is 3.22. The van der Waals surface area contributed by atoms with Gasteiger partial charge in [0.2, 0.25) is 0 Å². The number of nitrogens with one attached hydrogen (secondary N) is 2. The van der Waals surface area contributed by atoms with E-state index in [2.05, 4.69) is 10.6 Å². The number of carbonyl (C=O) groups excluding carboxylic acids is 2. The van der Waals surface area contributed by atoms with Gasteiger partial charge in [-0.25, -0.2) is 0 Å². The van der Waals surface area contributed by atoms with Crippen LogP contribution in [0.4, 0.5) is 11.4 Å². The summed E-state index contributed by atoms with van der Waals surface area (Å²) < 4.78 is 5.29. The summed E-state index contributed by atoms with van der Waals surface area (Å²) in [7, 11) is 0. The molecule has 2 N–H and O–H groups in total. The first-order valence-corrected chi connectivity index (χ1v) is 8.19. The molecule has 2 amide bonds. The third kappa shape index (κ3) is 3.02. The second-order valence-corrected chi connectivity index (χ2v) is 6.11. The van der Waals surface area contributed by atoms with Crippen LogP contribution < -0.4 is 10.6 Å². The van der Waals surface area contributed by atoms with Crippen LogP contribution in [0, 0.1) is 6.92 Å². The molecule has 1 aliphatic rings. The van der Waals surface area contributed by atoms with Crippen LogP contribution in [-0.4, -0.2) is 11.8 Å². The van der Waals surface area contributed by atoms with Crippen LogP contribution in [0.15, 0.2) is 65.3 Å². The van der Waals surface area contributed by atoms with E-state index >= 15 is 0 Å². The highest BCUT2D eigenvalue weighted by Gasteiger charge is 2.25. The molecule has 2 heterocycles. The Bertz CT molecular complexity index is 1030. The Morgan fingerprint density at radius 3 is 2.77 bits per heavy atom. The summed E-state index contributed by atoms with van der Waals surface area (Å²) in [5, 5.41) is 5.68. The monoisotopic (exact) mass is 344 g/mol. The van der Waals surface area contributed by atoms with Crippen molar-refractivity contribution < 1.29 is 14.0 Å². The third-order valence-electron chi connectivity index (χ3n) is 4.17. The van der Waals surface area contributed by atoms with Crippen LogP contribution in [0.5, 0.6) is 0 Å². The molecule has 5 heteroatoms. The number of benzene rings is 2. The molecule has 0 fully saturated rings. The van der Waals surface area contributed by atoms with Crippen LogP contribution in [0.25, 0.3) is 11.6 Å². The van der Waals surface area contributed by atoms with Crippen molar-refractivity contribution >= 4 is 34.8 Å². The average Bonchev–Trinajstić information content (AvgIpc) is 3.23. The normalized spacial score (nSPS) is 14.2. The van der Waals surface area contributed by atoms with Gasteiger partial charge in [-0.3, -0.25) is 9.59 Å². The minimum absolute atomic E-state index is 0.215. The molecular formula is C21H16N2O3. The minimum Gasteiger partial charge on any atom is -0.465 e. The highest BCUT2D eigenvalue weighted by atomic mass is 16.3. The number of hydrogen-bond donors (Lipinski definition) is 2. The fourth-order valence-electron chi connectivity index (χ4n) is 2.91. The molecule has 0 aliphatic carbocycles. The first kappa shape index (κ1) is 15.9. The molecule has 1 aromatic heterocycles. The lowest BCUT2D eigenvalue weighted by molar-refractivity contribution is -0.110. The Labute approximate surface area is 150 Å². The summed E-state index contributed by atoms with van der Waals surface area (Å²) in [6.45, 7) is 1.97. The zero-order valence-corrected chi connectivity index (χ0v) is 14.1. The Morgan fingerprint density at radius 1 is 1.12 bits per heavy atom. The lowest BCUT2D eigenvalue weighted by atomic mass is 10.0. The standard InChI is InChI=1S/C21H16N2O3/c1-13-4-2-5-15(10-13)22-20(24)14-7-8-19-17(11-14)18(21(25)23-19)12-16-6-3-9-26-16/h2-12H,1H3,(H,22,24)(H,23,25)/b18-12-. The molecule has 4 rings (SSSR count). The molecule has 1 aliphatic heterocycles. The molecule has 2 aromatic carbocycles. The predicted octanol–water partition coefficient (Wildman–Crippen LogP) is 4.33. The fourth-order valence-corrected chi connectivity index (χ4v) is 2.91. The van der Waals surface area contributed by atoms with Crippen molar-refractivity contribution in [3.63, 3.8) is 0 Å². The number of rotatable bonds is 3. The molecule has 0 atom stereocenters. The van der Waals surface area contributed by atoms with Gasteiger partial charge in [0, 0.05) is 22.5 Å². The predicted molar refractivity (Wildman–Crippen MR) is 101 cm³/mol. The zero-order valence-electron chi connectivity index (χ0n) is 14.1. The van der Waals surface area contributed by atoms with E-state index in [4.69, 9.17) is 4.42 Å². The van der Waals surface area contributed by atoms with E-state index in [9.17, 15) is 9.59 Å². The Morgan fingerprint density at radius 2 is 2.00 bits per heavy atom. The van der Waals surface area contributed by atoms with Gasteiger partial charge in [0.25, 0.3) is 11.8 Å². The summed E-state index contributed by atoms with van der Waals surface area (Å²) in [5.41, 5.74) is 4.11. The van der Waals surface area contributed by atoms with Gasteiger partial charge >= 0.3 is 0 Å². The van der Waals surface area contributed by atoms with E-state index in [-0.39, 0.29) is 11.8 Å². The molecule has 26 heavy (non-hydrogen) atoms. The zero-order chi connectivity index (χ0) is 18.1. The maximum atomic E-state index is 12.6. The van der Waals surface area contributed by atoms with Gasteiger partial charge in [-0.1, -0.05) is 12.1 Å². The van der Waals surface area contributed by atoms with Gasteiger partial charge in [-0.05, 0) is 61.0 Å². The lowest BCUT2D eigenvalue weighted by Gasteiger charge is -2.07. The van der Waals surface area contributed by atoms with E-state index in [1.807, 2.05) is 31.2 Å². The highest BCUT2D eigenvalue weighted by Crippen LogP contribution is 2.34. The third-order valence-corrected chi connectivity index (χ3v) is 4.17. The van der Waals surface area contributed by atoms with E-state index in [0.29, 0.717) is 28.1 Å². The van der Waals surface area contributed by atoms with Gasteiger partial charge in [0.15, 0.2) is 0 Å². The van der Waals surface area contributed by atoms with E-state index < -0.39 is 0 Å². The molecule has 0 bridgehead atoms. The molecule has 0 saturated heterocycles. The second kappa shape index (κ2) is 6.37. The number of hydrogen-bond acceptors (Lipinski definition) is 3. The number of anilines is 2. The molecule has 0 saturated carbocycles. The largest absolute Gasteiger partial charge is 0.465 e. The SMILES string of the molecule is Cc1cccc(NC(=O)c2ccc3c(c2)/C(=C/c2ccco2)C(=O)N3)c1. The van der Waals surface area contributed by atoms with Crippen molar-refractivity contribution in [2.75, 3.05) is 10.6 Å². The topological polar surface area (TPSA) is 71.3 Å². The van der Waals surface area contributed by atoms with E-state index in [0.717, 1.165) is 11.3 Å². The van der Waals surface area contributed by atoms with Crippen molar-refractivity contribution in [1.82, 2.24) is 0 Å². The maximum absolute atomic E-state index is 12.6. The van der Waals surface area contributed by atoms with E-state index in [1.54, 1.807) is 42.7 Å².